The van der Waals surface area contributed by atoms with Gasteiger partial charge in [0.25, 0.3) is 0 Å². The average Bonchev–Trinajstić information content (AvgIpc) is 1.71. The minimum absolute atomic E-state index is 0. The van der Waals surface area contributed by atoms with E-state index < -0.39 is 0 Å². The van der Waals surface area contributed by atoms with Gasteiger partial charge in [-0.3, -0.25) is 0 Å². The first-order chi connectivity index (χ1) is 51.0. The molecule has 5 heterocycles. The molecule has 14 rings (SSSR count). The Morgan fingerprint density at radius 3 is 0.955 bits per heavy atom. The summed E-state index contributed by atoms with van der Waals surface area (Å²) in [6.07, 6.45) is 38.5. The zero-order valence-corrected chi connectivity index (χ0v) is 69.0. The molecule has 0 N–H and O–H groups in total. The number of hydrogen-bond donors (Lipinski definition) is 0. The van der Waals surface area contributed by atoms with Crippen LogP contribution >= 0.6 is 0 Å². The van der Waals surface area contributed by atoms with Crippen molar-refractivity contribution >= 4 is 0 Å². The largest absolute Gasteiger partial charge is 0.212 e. The SMILES string of the molecule is C.C.C.C.C.Cc1ccccc1-c1cc(C2CCCC2)c(CC(C)C)c[n+]1C.Cc1ccccc1-c1cc(C2CCCC2)cc[n+]1C.Cc1ccccc1-c1cc(CC(C)C)c(C2CCCC2)c[n+]1C.Cc1ccccc1-c1cc(CC(C)C)c(CC(C)C)c[n+]1C.Cc1ccccc1-c1ccc(C2CCCC2)c[n+]1C. The Morgan fingerprint density at radius 1 is 0.261 bits per heavy atom. The van der Waals surface area contributed by atoms with E-state index in [4.69, 9.17) is 0 Å². The molecular weight excluding hydrogens is 1340 g/mol. The Bertz CT molecular complexity index is 4480. The summed E-state index contributed by atoms with van der Waals surface area (Å²) >= 11 is 0. The molecule has 0 spiro atoms. The van der Waals surface area contributed by atoms with Gasteiger partial charge in [0.1, 0.15) is 35.2 Å². The van der Waals surface area contributed by atoms with Gasteiger partial charge in [-0.2, -0.15) is 0 Å². The van der Waals surface area contributed by atoms with Crippen LogP contribution in [0.4, 0.5) is 0 Å². The smallest absolute Gasteiger partial charge is 0.201 e. The quantitative estimate of drug-likeness (QED) is 0.0810. The van der Waals surface area contributed by atoms with Gasteiger partial charge in [-0.25, -0.2) is 22.8 Å². The minimum atomic E-state index is 0. The molecule has 0 radical (unpaired) electrons. The molecule has 5 heteroatoms. The van der Waals surface area contributed by atoms with Crippen molar-refractivity contribution in [3.05, 3.63) is 267 Å². The van der Waals surface area contributed by atoms with E-state index in [1.807, 2.05) is 0 Å². The lowest BCUT2D eigenvalue weighted by Gasteiger charge is -2.17. The van der Waals surface area contributed by atoms with Crippen molar-refractivity contribution in [2.24, 2.45) is 58.9 Å². The molecule has 0 aliphatic heterocycles. The molecular formula is C106H154N5+5. The number of aromatic nitrogens is 5. The van der Waals surface area contributed by atoms with Gasteiger partial charge in [0, 0.05) is 86.5 Å². The number of rotatable bonds is 17. The molecule has 10 aromatic rings. The zero-order chi connectivity index (χ0) is 75.6. The second-order valence-corrected chi connectivity index (χ2v) is 34.1. The summed E-state index contributed by atoms with van der Waals surface area (Å²) in [5.41, 5.74) is 32.6. The monoisotopic (exact) mass is 1500 g/mol. The number of nitrogens with zero attached hydrogens (tertiary/aromatic N) is 5. The molecule has 111 heavy (non-hydrogen) atoms. The van der Waals surface area contributed by atoms with Gasteiger partial charge < -0.3 is 0 Å². The van der Waals surface area contributed by atoms with Crippen LogP contribution in [0.1, 0.15) is 291 Å². The highest BCUT2D eigenvalue weighted by Gasteiger charge is 2.29. The normalized spacial score (nSPS) is 14.1. The van der Waals surface area contributed by atoms with Crippen molar-refractivity contribution in [3.63, 3.8) is 0 Å². The standard InChI is InChI=1S/2C22H30N.C21H30N.2C18H22N.5CH4/c1-16(2)13-19-15-23(4)22(20-12-8-5-9-17(20)3)14-21(19)18-10-6-7-11-18;1-16(2)13-19-14-22(20-12-8-5-9-17(20)3)23(4)15-21(19)18-10-6-7-11-18;1-15(2)11-18-13-21(20-10-8-7-9-17(20)5)22(6)14-19(18)12-16(3)4;1-14-7-3-6-10-17(14)18-13-16(11-12-19(18)2)15-8-4-5-9-15;1-14-7-3-6-10-17(14)18-12-11-16(13-19(18)2)15-8-4-5-9-15;;;;;/h2*5,8-9,12,14-16,18H,6-7,10-11,13H2,1-4H3;7-10,13-16H,11-12H2,1-6H3;2*3,6-7,10-13,15H,4-5,8-9H2,1-2H3;5*1H4/q5*+1;;;;;. The summed E-state index contributed by atoms with van der Waals surface area (Å²) in [5.74, 6) is 5.90. The van der Waals surface area contributed by atoms with Gasteiger partial charge in [-0.05, 0) is 245 Å². The van der Waals surface area contributed by atoms with Crippen LogP contribution in [0.5, 0.6) is 0 Å². The van der Waals surface area contributed by atoms with E-state index in [1.54, 1.807) is 22.3 Å². The van der Waals surface area contributed by atoms with Gasteiger partial charge in [-0.15, -0.1) is 0 Å². The van der Waals surface area contributed by atoms with Crippen molar-refractivity contribution < 1.29 is 22.8 Å². The Morgan fingerprint density at radius 2 is 0.559 bits per heavy atom. The van der Waals surface area contributed by atoms with Gasteiger partial charge >= 0.3 is 0 Å². The predicted octanol–water partition coefficient (Wildman–Crippen LogP) is 27.0. The van der Waals surface area contributed by atoms with E-state index in [0.717, 1.165) is 36.5 Å². The summed E-state index contributed by atoms with van der Waals surface area (Å²) in [6.45, 7) is 29.5. The van der Waals surface area contributed by atoms with E-state index in [-0.39, 0.29) is 37.1 Å². The van der Waals surface area contributed by atoms with Crippen molar-refractivity contribution in [3.8, 4) is 56.3 Å². The molecule has 4 aliphatic rings. The maximum absolute atomic E-state index is 2.50. The van der Waals surface area contributed by atoms with Gasteiger partial charge in [0.05, 0.1) is 0 Å². The van der Waals surface area contributed by atoms with Crippen LogP contribution in [0.15, 0.2) is 195 Å². The molecule has 0 atom stereocenters. The number of hydrogen-bond acceptors (Lipinski definition) is 0. The minimum Gasteiger partial charge on any atom is -0.201 e. The second kappa shape index (κ2) is 44.9. The molecule has 5 nitrogen and oxygen atoms in total. The third kappa shape index (κ3) is 25.2. The summed E-state index contributed by atoms with van der Waals surface area (Å²) < 4.78 is 11.5. The van der Waals surface area contributed by atoms with E-state index >= 15 is 0 Å². The molecule has 5 aromatic carbocycles. The lowest BCUT2D eigenvalue weighted by molar-refractivity contribution is -0.661. The number of benzene rings is 5. The maximum Gasteiger partial charge on any atom is 0.212 e. The van der Waals surface area contributed by atoms with Crippen LogP contribution in [-0.4, -0.2) is 0 Å². The van der Waals surface area contributed by atoms with Crippen LogP contribution in [0.2, 0.25) is 0 Å². The van der Waals surface area contributed by atoms with Crippen molar-refractivity contribution in [2.75, 3.05) is 0 Å². The second-order valence-electron chi connectivity index (χ2n) is 34.1. The van der Waals surface area contributed by atoms with E-state index in [0.29, 0.717) is 23.7 Å². The van der Waals surface area contributed by atoms with E-state index in [9.17, 15) is 0 Å². The summed E-state index contributed by atoms with van der Waals surface area (Å²) in [4.78, 5) is 0. The molecule has 0 bridgehead atoms. The van der Waals surface area contributed by atoms with Gasteiger partial charge in [0.15, 0.2) is 31.0 Å². The fraction of sp³-hybridized carbons (Fsp3) is 0.481. The molecule has 5 aromatic heterocycles. The number of pyridine rings is 5. The van der Waals surface area contributed by atoms with Crippen LogP contribution in [0.25, 0.3) is 56.3 Å². The van der Waals surface area contributed by atoms with Crippen LogP contribution in [0, 0.1) is 58.3 Å². The molecule has 598 valence electrons. The lowest BCUT2D eigenvalue weighted by atomic mass is 9.88. The molecule has 0 amide bonds. The first-order valence-electron chi connectivity index (χ1n) is 41.4. The molecule has 0 unspecified atom stereocenters. The van der Waals surface area contributed by atoms with Gasteiger partial charge in [-0.1, -0.05) is 235 Å². The fourth-order valence-corrected chi connectivity index (χ4v) is 17.8. The fourth-order valence-electron chi connectivity index (χ4n) is 17.8. The van der Waals surface area contributed by atoms with Crippen molar-refractivity contribution in [2.45, 2.75) is 279 Å². The zero-order valence-electron chi connectivity index (χ0n) is 69.0. The highest BCUT2D eigenvalue weighted by molar-refractivity contribution is 5.65. The van der Waals surface area contributed by atoms with Gasteiger partial charge in [0.2, 0.25) is 28.5 Å². The predicted molar refractivity (Wildman–Crippen MR) is 482 cm³/mol. The first-order valence-corrected chi connectivity index (χ1v) is 41.4. The maximum atomic E-state index is 2.50. The lowest BCUT2D eigenvalue weighted by Crippen LogP contribution is -2.32. The topological polar surface area (TPSA) is 19.4 Å². The van der Waals surface area contributed by atoms with E-state index in [2.05, 4.69) is 343 Å². The number of aryl methyl sites for hydroxylation is 10. The highest BCUT2D eigenvalue weighted by Crippen LogP contribution is 2.41. The Balaban J connectivity index is 0.000000246. The third-order valence-electron chi connectivity index (χ3n) is 23.4. The first kappa shape index (κ1) is 93.4. The Hall–Kier alpha value is -8.15. The molecule has 0 saturated heterocycles. The van der Waals surface area contributed by atoms with Crippen LogP contribution in [-0.2, 0) is 60.9 Å². The van der Waals surface area contributed by atoms with Crippen LogP contribution in [0.3, 0.4) is 0 Å². The van der Waals surface area contributed by atoms with Crippen LogP contribution < -0.4 is 22.8 Å². The summed E-state index contributed by atoms with van der Waals surface area (Å²) in [5, 5.41) is 0. The molecule has 4 aliphatic carbocycles. The molecule has 4 saturated carbocycles. The average molecular weight is 1500 g/mol. The summed E-state index contributed by atoms with van der Waals surface area (Å²) in [7, 11) is 10.9. The highest BCUT2D eigenvalue weighted by atomic mass is 14.9. The Labute approximate surface area is 680 Å². The van der Waals surface area contributed by atoms with Crippen molar-refractivity contribution in [1.29, 1.82) is 0 Å². The van der Waals surface area contributed by atoms with E-state index in [1.165, 1.54) is 222 Å². The summed E-state index contributed by atoms with van der Waals surface area (Å²) in [6, 6.07) is 60.1. The third-order valence-corrected chi connectivity index (χ3v) is 23.4. The Kier molecular flexibility index (Phi) is 37.8. The van der Waals surface area contributed by atoms with Crippen molar-refractivity contribution in [1.82, 2.24) is 0 Å². The molecule has 4 fully saturated rings.